The Hall–Kier alpha value is -1.53. The van der Waals surface area contributed by atoms with Crippen molar-refractivity contribution in [3.63, 3.8) is 0 Å². The van der Waals surface area contributed by atoms with Crippen LogP contribution in [0.2, 0.25) is 0 Å². The van der Waals surface area contributed by atoms with Gasteiger partial charge in [0.2, 0.25) is 0 Å². The van der Waals surface area contributed by atoms with Gasteiger partial charge in [-0.15, -0.1) is 0 Å². The second-order valence-electron chi connectivity index (χ2n) is 4.55. The summed E-state index contributed by atoms with van der Waals surface area (Å²) in [6.07, 6.45) is 2.35. The first-order valence-electron chi connectivity index (χ1n) is 6.36. The van der Waals surface area contributed by atoms with Gasteiger partial charge in [-0.3, -0.25) is 0 Å². The fourth-order valence-electron chi connectivity index (χ4n) is 1.91. The van der Waals surface area contributed by atoms with E-state index in [1.807, 2.05) is 12.1 Å². The van der Waals surface area contributed by atoms with Crippen LogP contribution in [0.15, 0.2) is 18.2 Å². The Morgan fingerprint density at radius 3 is 2.78 bits per heavy atom. The monoisotopic (exact) mass is 247 g/mol. The van der Waals surface area contributed by atoms with Gasteiger partial charge < -0.3 is 9.47 Å². The number of hydrogen-bond donors (Lipinski definition) is 0. The van der Waals surface area contributed by atoms with Crippen molar-refractivity contribution in [2.24, 2.45) is 5.92 Å². The highest BCUT2D eigenvalue weighted by Crippen LogP contribution is 2.21. The van der Waals surface area contributed by atoms with E-state index >= 15 is 0 Å². The Kier molecular flexibility index (Phi) is 6.24. The molecule has 0 aliphatic carbocycles. The number of rotatable bonds is 7. The van der Waals surface area contributed by atoms with Crippen molar-refractivity contribution in [2.45, 2.75) is 33.3 Å². The van der Waals surface area contributed by atoms with Crippen molar-refractivity contribution in [1.29, 1.82) is 5.26 Å². The van der Waals surface area contributed by atoms with E-state index in [0.29, 0.717) is 18.1 Å². The molecule has 0 fully saturated rings. The average molecular weight is 247 g/mol. The third-order valence-electron chi connectivity index (χ3n) is 2.85. The van der Waals surface area contributed by atoms with E-state index in [4.69, 9.17) is 14.7 Å². The second kappa shape index (κ2) is 7.73. The quantitative estimate of drug-likeness (QED) is 0.740. The van der Waals surface area contributed by atoms with Gasteiger partial charge in [-0.05, 0) is 30.5 Å². The lowest BCUT2D eigenvalue weighted by Crippen LogP contribution is -2.06. The van der Waals surface area contributed by atoms with Crippen molar-refractivity contribution < 1.29 is 9.47 Å². The first-order chi connectivity index (χ1) is 8.71. The van der Waals surface area contributed by atoms with Gasteiger partial charge in [0.05, 0.1) is 25.3 Å². The molecule has 1 unspecified atom stereocenters. The summed E-state index contributed by atoms with van der Waals surface area (Å²) >= 11 is 0. The minimum Gasteiger partial charge on any atom is -0.496 e. The van der Waals surface area contributed by atoms with Crippen molar-refractivity contribution in [3.8, 4) is 11.8 Å². The number of nitrogens with zero attached hydrogens (tertiary/aromatic N) is 1. The lowest BCUT2D eigenvalue weighted by atomic mass is 10.1. The highest BCUT2D eigenvalue weighted by molar-refractivity contribution is 5.41. The zero-order valence-electron chi connectivity index (χ0n) is 11.4. The molecule has 0 amide bonds. The summed E-state index contributed by atoms with van der Waals surface area (Å²) < 4.78 is 10.9. The van der Waals surface area contributed by atoms with Crippen LogP contribution in [0.3, 0.4) is 0 Å². The highest BCUT2D eigenvalue weighted by Gasteiger charge is 2.06. The van der Waals surface area contributed by atoms with Crippen LogP contribution in [0, 0.1) is 17.2 Å². The van der Waals surface area contributed by atoms with Crippen molar-refractivity contribution in [3.05, 3.63) is 29.3 Å². The topological polar surface area (TPSA) is 42.2 Å². The fraction of sp³-hybridized carbons (Fsp3) is 0.533. The van der Waals surface area contributed by atoms with Crippen molar-refractivity contribution in [1.82, 2.24) is 0 Å². The SMILES string of the molecule is CCCC(C)COCc1cc(C#N)ccc1OC. The minimum absolute atomic E-state index is 0.493. The molecule has 0 saturated carbocycles. The Balaban J connectivity index is 2.57. The van der Waals surface area contributed by atoms with Gasteiger partial charge in [0, 0.05) is 12.2 Å². The largest absolute Gasteiger partial charge is 0.496 e. The molecule has 0 heterocycles. The Bertz CT molecular complexity index is 409. The van der Waals surface area contributed by atoms with Crippen LogP contribution in [-0.4, -0.2) is 13.7 Å². The molecule has 18 heavy (non-hydrogen) atoms. The lowest BCUT2D eigenvalue weighted by Gasteiger charge is -2.13. The molecule has 0 aliphatic heterocycles. The smallest absolute Gasteiger partial charge is 0.124 e. The average Bonchev–Trinajstić information content (AvgIpc) is 2.39. The van der Waals surface area contributed by atoms with E-state index in [-0.39, 0.29) is 0 Å². The van der Waals surface area contributed by atoms with E-state index in [9.17, 15) is 0 Å². The molecular formula is C15H21NO2. The zero-order valence-corrected chi connectivity index (χ0v) is 11.4. The van der Waals surface area contributed by atoms with Crippen molar-refractivity contribution in [2.75, 3.05) is 13.7 Å². The molecule has 0 spiro atoms. The van der Waals surface area contributed by atoms with Crippen LogP contribution in [0.25, 0.3) is 0 Å². The van der Waals surface area contributed by atoms with E-state index in [1.165, 1.54) is 12.8 Å². The van der Waals surface area contributed by atoms with Gasteiger partial charge >= 0.3 is 0 Å². The molecule has 1 atom stereocenters. The summed E-state index contributed by atoms with van der Waals surface area (Å²) in [6, 6.07) is 7.51. The maximum atomic E-state index is 8.88. The zero-order chi connectivity index (χ0) is 13.4. The Labute approximate surface area is 109 Å². The maximum Gasteiger partial charge on any atom is 0.124 e. The molecule has 3 nitrogen and oxygen atoms in total. The molecule has 98 valence electrons. The van der Waals surface area contributed by atoms with Gasteiger partial charge in [-0.2, -0.15) is 5.26 Å². The summed E-state index contributed by atoms with van der Waals surface area (Å²) in [5.74, 6) is 1.34. The van der Waals surface area contributed by atoms with Gasteiger partial charge in [0.1, 0.15) is 5.75 Å². The third-order valence-corrected chi connectivity index (χ3v) is 2.85. The second-order valence-corrected chi connectivity index (χ2v) is 4.55. The first-order valence-corrected chi connectivity index (χ1v) is 6.36. The fourth-order valence-corrected chi connectivity index (χ4v) is 1.91. The summed E-state index contributed by atoms with van der Waals surface area (Å²) in [6.45, 7) is 5.60. The van der Waals surface area contributed by atoms with Crippen LogP contribution in [0.4, 0.5) is 0 Å². The number of hydrogen-bond acceptors (Lipinski definition) is 3. The predicted octanol–water partition coefficient (Wildman–Crippen LogP) is 3.52. The molecule has 0 aliphatic rings. The normalized spacial score (nSPS) is 11.9. The van der Waals surface area contributed by atoms with Gasteiger partial charge in [0.25, 0.3) is 0 Å². The molecule has 0 radical (unpaired) electrons. The van der Waals surface area contributed by atoms with Gasteiger partial charge in [0.15, 0.2) is 0 Å². The molecular weight excluding hydrogens is 226 g/mol. The molecule has 1 rings (SSSR count). The molecule has 0 bridgehead atoms. The van der Waals surface area contributed by atoms with Gasteiger partial charge in [-0.25, -0.2) is 0 Å². The molecule has 1 aromatic carbocycles. The number of methoxy groups -OCH3 is 1. The van der Waals surface area contributed by atoms with Crippen LogP contribution in [0.1, 0.15) is 37.8 Å². The summed E-state index contributed by atoms with van der Waals surface area (Å²) in [5, 5.41) is 8.88. The predicted molar refractivity (Wildman–Crippen MR) is 71.4 cm³/mol. The van der Waals surface area contributed by atoms with Crippen molar-refractivity contribution >= 4 is 0 Å². The summed E-state index contributed by atoms with van der Waals surface area (Å²) in [7, 11) is 1.63. The molecule has 0 N–H and O–H groups in total. The van der Waals surface area contributed by atoms with E-state index < -0.39 is 0 Å². The van der Waals surface area contributed by atoms with E-state index in [2.05, 4.69) is 19.9 Å². The van der Waals surface area contributed by atoms with Gasteiger partial charge in [-0.1, -0.05) is 20.3 Å². The molecule has 0 saturated heterocycles. The first kappa shape index (κ1) is 14.5. The van der Waals surface area contributed by atoms with E-state index in [0.717, 1.165) is 17.9 Å². The standard InChI is InChI=1S/C15H21NO2/c1-4-5-12(2)10-18-11-14-8-13(9-16)6-7-15(14)17-3/h6-8,12H,4-5,10-11H2,1-3H3. The van der Waals surface area contributed by atoms with Crippen LogP contribution < -0.4 is 4.74 Å². The number of benzene rings is 1. The van der Waals surface area contributed by atoms with Crippen LogP contribution in [-0.2, 0) is 11.3 Å². The Morgan fingerprint density at radius 1 is 1.39 bits per heavy atom. The Morgan fingerprint density at radius 2 is 2.17 bits per heavy atom. The third kappa shape index (κ3) is 4.38. The summed E-state index contributed by atoms with van der Waals surface area (Å²) in [4.78, 5) is 0. The van der Waals surface area contributed by atoms with Crippen LogP contribution >= 0.6 is 0 Å². The highest BCUT2D eigenvalue weighted by atomic mass is 16.5. The maximum absolute atomic E-state index is 8.88. The molecule has 1 aromatic rings. The van der Waals surface area contributed by atoms with Crippen LogP contribution in [0.5, 0.6) is 5.75 Å². The number of ether oxygens (including phenoxy) is 2. The minimum atomic E-state index is 0.493. The number of nitriles is 1. The lowest BCUT2D eigenvalue weighted by molar-refractivity contribution is 0.0879. The van der Waals surface area contributed by atoms with E-state index in [1.54, 1.807) is 13.2 Å². The molecule has 3 heteroatoms. The summed E-state index contributed by atoms with van der Waals surface area (Å²) in [5.41, 5.74) is 1.57. The molecule has 0 aromatic heterocycles.